The van der Waals surface area contributed by atoms with Crippen molar-refractivity contribution in [2.45, 2.75) is 82.7 Å². The van der Waals surface area contributed by atoms with Gasteiger partial charge in [0.05, 0.1) is 19.2 Å². The molecular formula is C27H36N8O3. The molecule has 11 heteroatoms. The van der Waals surface area contributed by atoms with Crippen LogP contribution < -0.4 is 16.0 Å². The number of ketones is 1. The minimum atomic E-state index is -0.371. The van der Waals surface area contributed by atoms with Crippen molar-refractivity contribution >= 4 is 41.2 Å². The number of likely N-dealkylation sites (tertiary alicyclic amines) is 1. The van der Waals surface area contributed by atoms with E-state index < -0.39 is 0 Å². The van der Waals surface area contributed by atoms with Gasteiger partial charge in [-0.05, 0) is 76.5 Å². The van der Waals surface area contributed by atoms with Crippen LogP contribution >= 0.6 is 0 Å². The number of imide groups is 1. The van der Waals surface area contributed by atoms with Crippen molar-refractivity contribution < 1.29 is 14.4 Å². The monoisotopic (exact) mass is 520 g/mol. The summed E-state index contributed by atoms with van der Waals surface area (Å²) >= 11 is 0. The highest BCUT2D eigenvalue weighted by Crippen LogP contribution is 2.30. The van der Waals surface area contributed by atoms with Gasteiger partial charge in [0.1, 0.15) is 5.78 Å². The number of nitrogens with one attached hydrogen (secondary N) is 3. The first-order valence-corrected chi connectivity index (χ1v) is 14.1. The molecular weight excluding hydrogens is 484 g/mol. The van der Waals surface area contributed by atoms with Crippen LogP contribution in [0.25, 0.3) is 11.7 Å². The van der Waals surface area contributed by atoms with Crippen LogP contribution in [-0.2, 0) is 14.4 Å². The minimum Gasteiger partial charge on any atom is -0.351 e. The summed E-state index contributed by atoms with van der Waals surface area (Å²) in [6, 6.07) is 0.616. The van der Waals surface area contributed by atoms with Crippen molar-refractivity contribution in [3.05, 3.63) is 17.3 Å². The molecule has 0 spiro atoms. The maximum absolute atomic E-state index is 12.6. The Bertz CT molecular complexity index is 1250. The van der Waals surface area contributed by atoms with Crippen molar-refractivity contribution in [1.82, 2.24) is 29.8 Å². The summed E-state index contributed by atoms with van der Waals surface area (Å²) in [6.07, 6.45) is 14.0. The Labute approximate surface area is 221 Å². The largest absolute Gasteiger partial charge is 0.351 e. The number of carbonyl (C=O) groups is 3. The fourth-order valence-corrected chi connectivity index (χ4v) is 5.82. The van der Waals surface area contributed by atoms with Crippen molar-refractivity contribution in [3.8, 4) is 0 Å². The smallest absolute Gasteiger partial charge is 0.254 e. The number of Topliss-reactive ketones (excluding diaryl/α,β-unsaturated/α-hetero) is 1. The highest BCUT2D eigenvalue weighted by molar-refractivity contribution is 6.15. The number of nitrogens with zero attached hydrogens (tertiary/aromatic N) is 5. The van der Waals surface area contributed by atoms with E-state index in [-0.39, 0.29) is 24.3 Å². The fourth-order valence-electron chi connectivity index (χ4n) is 5.82. The predicted octanol–water partition coefficient (Wildman–Crippen LogP) is 2.54. The molecule has 6 rings (SSSR count). The van der Waals surface area contributed by atoms with Crippen molar-refractivity contribution in [3.63, 3.8) is 0 Å². The van der Waals surface area contributed by atoms with Crippen LogP contribution in [0.3, 0.4) is 0 Å². The summed E-state index contributed by atoms with van der Waals surface area (Å²) in [7, 11) is 0. The summed E-state index contributed by atoms with van der Waals surface area (Å²) in [6.45, 7) is 2.74. The van der Waals surface area contributed by atoms with E-state index in [1.165, 1.54) is 19.3 Å². The van der Waals surface area contributed by atoms with Crippen LogP contribution in [0.15, 0.2) is 11.8 Å². The van der Waals surface area contributed by atoms with Crippen LogP contribution in [0.1, 0.15) is 76.2 Å². The van der Waals surface area contributed by atoms with E-state index in [1.54, 1.807) is 16.8 Å². The van der Waals surface area contributed by atoms with Gasteiger partial charge in [0.2, 0.25) is 17.8 Å². The number of hydrogen-bond donors (Lipinski definition) is 3. The van der Waals surface area contributed by atoms with Crippen molar-refractivity contribution in [2.75, 3.05) is 30.3 Å². The molecule has 2 aliphatic heterocycles. The summed E-state index contributed by atoms with van der Waals surface area (Å²) < 4.78 is 1.66. The first kappa shape index (κ1) is 25.0. The lowest BCUT2D eigenvalue weighted by Gasteiger charge is -2.30. The van der Waals surface area contributed by atoms with Gasteiger partial charge in [-0.15, -0.1) is 0 Å². The molecule has 2 aliphatic carbocycles. The zero-order valence-corrected chi connectivity index (χ0v) is 21.7. The molecule has 2 aromatic rings. The number of amides is 2. The fraction of sp³-hybridized carbons (Fsp3) is 0.630. The van der Waals surface area contributed by atoms with Gasteiger partial charge in [-0.3, -0.25) is 24.6 Å². The maximum atomic E-state index is 12.6. The Morgan fingerprint density at radius 2 is 1.74 bits per heavy atom. The van der Waals surface area contributed by atoms with E-state index in [9.17, 15) is 14.4 Å². The number of aromatic nitrogens is 4. The minimum absolute atomic E-state index is 0.0588. The van der Waals surface area contributed by atoms with Crippen LogP contribution in [-0.4, -0.2) is 73.8 Å². The Kier molecular flexibility index (Phi) is 7.10. The number of anilines is 2. The van der Waals surface area contributed by atoms with Crippen LogP contribution in [0, 0.1) is 5.92 Å². The second kappa shape index (κ2) is 10.8. The standard InChI is InChI=1S/C27H36N8O3/c36-22(16-34-10-2-1-3-11-34)12-17-4-6-20(7-5-17)29-26-32-24-19(13-18-14-23(37)31-25(18)38)15-28-35(24)27(33-26)30-21-8-9-21/h13,15,17,20-21H,1-12,14,16H2,(H,31,37,38)(H2,29,30,32,33)/b18-13+. The molecule has 0 radical (unpaired) electrons. The summed E-state index contributed by atoms with van der Waals surface area (Å²) in [4.78, 5) is 48.1. The summed E-state index contributed by atoms with van der Waals surface area (Å²) in [5.41, 5.74) is 1.66. The Hall–Kier alpha value is -3.34. The first-order chi connectivity index (χ1) is 18.5. The van der Waals surface area contributed by atoms with Crippen LogP contribution in [0.2, 0.25) is 0 Å². The molecule has 11 nitrogen and oxygen atoms in total. The Balaban J connectivity index is 1.11. The number of carbonyl (C=O) groups excluding carboxylic acids is 3. The van der Waals surface area contributed by atoms with Gasteiger partial charge < -0.3 is 10.6 Å². The SMILES string of the molecule is O=C(CC1CCC(Nc2nc(NC3CC3)n3ncc(/C=C4\CC(=O)NC4=O)c3n2)CC1)CN1CCCCC1. The molecule has 4 aliphatic rings. The molecule has 4 fully saturated rings. The van der Waals surface area contributed by atoms with Gasteiger partial charge in [0.25, 0.3) is 5.91 Å². The number of fused-ring (bicyclic) bond motifs is 1. The lowest BCUT2D eigenvalue weighted by molar-refractivity contribution is -0.124. The van der Waals surface area contributed by atoms with Gasteiger partial charge in [-0.1, -0.05) is 6.42 Å². The predicted molar refractivity (Wildman–Crippen MR) is 142 cm³/mol. The summed E-state index contributed by atoms with van der Waals surface area (Å²) in [5, 5.41) is 13.7. The van der Waals surface area contributed by atoms with E-state index in [1.807, 2.05) is 0 Å². The third kappa shape index (κ3) is 5.87. The molecule has 2 saturated carbocycles. The number of rotatable bonds is 9. The highest BCUT2D eigenvalue weighted by Gasteiger charge is 2.28. The van der Waals surface area contributed by atoms with Gasteiger partial charge in [-0.25, -0.2) is 0 Å². The van der Waals surface area contributed by atoms with E-state index in [2.05, 4.69) is 25.9 Å². The van der Waals surface area contributed by atoms with Gasteiger partial charge in [0, 0.05) is 29.6 Å². The van der Waals surface area contributed by atoms with E-state index >= 15 is 0 Å². The molecule has 4 heterocycles. The average molecular weight is 521 g/mol. The molecule has 3 N–H and O–H groups in total. The van der Waals surface area contributed by atoms with Gasteiger partial charge in [0.15, 0.2) is 5.65 Å². The van der Waals surface area contributed by atoms with Gasteiger partial charge in [-0.2, -0.15) is 19.6 Å². The molecule has 2 aromatic heterocycles. The molecule has 0 bridgehead atoms. The van der Waals surface area contributed by atoms with Crippen LogP contribution in [0.4, 0.5) is 11.9 Å². The summed E-state index contributed by atoms with van der Waals surface area (Å²) in [5.74, 6) is 1.31. The Morgan fingerprint density at radius 3 is 2.45 bits per heavy atom. The zero-order chi connectivity index (χ0) is 26.1. The lowest BCUT2D eigenvalue weighted by atomic mass is 9.83. The van der Waals surface area contributed by atoms with Gasteiger partial charge >= 0.3 is 0 Å². The molecule has 0 atom stereocenters. The Morgan fingerprint density at radius 1 is 1.00 bits per heavy atom. The van der Waals surface area contributed by atoms with Crippen molar-refractivity contribution in [2.24, 2.45) is 5.92 Å². The topological polar surface area (TPSA) is 134 Å². The lowest BCUT2D eigenvalue weighted by Crippen LogP contribution is -2.35. The zero-order valence-electron chi connectivity index (χ0n) is 21.7. The number of piperidine rings is 1. The van der Waals surface area contributed by atoms with Crippen molar-refractivity contribution in [1.29, 1.82) is 0 Å². The molecule has 0 aromatic carbocycles. The first-order valence-electron chi connectivity index (χ1n) is 14.1. The molecule has 202 valence electrons. The third-order valence-corrected chi connectivity index (χ3v) is 8.08. The van der Waals surface area contributed by atoms with E-state index in [0.717, 1.165) is 51.6 Å². The third-order valence-electron chi connectivity index (χ3n) is 8.08. The quantitative estimate of drug-likeness (QED) is 0.337. The maximum Gasteiger partial charge on any atom is 0.254 e. The van der Waals surface area contributed by atoms with Crippen LogP contribution in [0.5, 0.6) is 0 Å². The molecule has 38 heavy (non-hydrogen) atoms. The van der Waals surface area contributed by atoms with E-state index in [0.29, 0.717) is 59.4 Å². The number of hydrogen-bond acceptors (Lipinski definition) is 9. The second-order valence-electron chi connectivity index (χ2n) is 11.3. The highest BCUT2D eigenvalue weighted by atomic mass is 16.2. The average Bonchev–Trinajstić information content (AvgIpc) is 3.54. The normalized spacial score (nSPS) is 25.6. The molecule has 2 amide bonds. The second-order valence-corrected chi connectivity index (χ2v) is 11.3. The molecule has 2 saturated heterocycles. The molecule has 0 unspecified atom stereocenters. The van der Waals surface area contributed by atoms with E-state index in [4.69, 9.17) is 9.97 Å².